The summed E-state index contributed by atoms with van der Waals surface area (Å²) in [7, 11) is 0. The van der Waals surface area contributed by atoms with E-state index in [2.05, 4.69) is 0 Å². The van der Waals surface area contributed by atoms with Gasteiger partial charge in [0.25, 0.3) is 0 Å². The van der Waals surface area contributed by atoms with Crippen molar-refractivity contribution in [2.75, 3.05) is 0 Å². The molecule has 1 fully saturated rings. The first kappa shape index (κ1) is 13.5. The first-order valence-corrected chi connectivity index (χ1v) is 8.09. The average molecular weight is 311 g/mol. The standard InChI is InChI=1S/C17H13NO3S/c19-13(11-5-2-1-3-6-11)12-14(20)17(7-4-8-17)16(21)18-9-10-22-15(12)18/h1-3,5-6,9-10H,4,7-8H2. The number of ketones is 2. The second kappa shape index (κ2) is 4.68. The van der Waals surface area contributed by atoms with Gasteiger partial charge in [-0.15, -0.1) is 0 Å². The lowest BCUT2D eigenvalue weighted by Crippen LogP contribution is -2.55. The van der Waals surface area contributed by atoms with Gasteiger partial charge in [0.2, 0.25) is 5.91 Å². The van der Waals surface area contributed by atoms with Gasteiger partial charge in [0, 0.05) is 11.8 Å². The molecule has 4 nitrogen and oxygen atoms in total. The van der Waals surface area contributed by atoms with Gasteiger partial charge in [0.15, 0.2) is 11.6 Å². The average Bonchev–Trinajstić information content (AvgIpc) is 2.96. The van der Waals surface area contributed by atoms with E-state index in [1.807, 2.05) is 6.07 Å². The first-order chi connectivity index (χ1) is 10.6. The van der Waals surface area contributed by atoms with Crippen molar-refractivity contribution >= 4 is 29.2 Å². The van der Waals surface area contributed by atoms with E-state index < -0.39 is 5.41 Å². The Morgan fingerprint density at radius 2 is 1.86 bits per heavy atom. The number of thioether (sulfide) groups is 1. The molecule has 4 rings (SSSR count). The fraction of sp³-hybridized carbons (Fsp3) is 0.235. The van der Waals surface area contributed by atoms with Crippen molar-refractivity contribution in [3.05, 3.63) is 58.1 Å². The molecule has 22 heavy (non-hydrogen) atoms. The zero-order valence-electron chi connectivity index (χ0n) is 11.7. The van der Waals surface area contributed by atoms with E-state index in [1.165, 1.54) is 16.7 Å². The largest absolute Gasteiger partial charge is 0.293 e. The SMILES string of the molecule is O=C(C1=C2SC=CN2C(=O)C2(CCC2)C1=O)c1ccccc1. The van der Waals surface area contributed by atoms with E-state index in [0.717, 1.165) is 6.42 Å². The molecule has 2 aliphatic heterocycles. The molecule has 1 saturated carbocycles. The zero-order valence-corrected chi connectivity index (χ0v) is 12.6. The van der Waals surface area contributed by atoms with Crippen LogP contribution in [0.15, 0.2) is 52.5 Å². The number of nitrogens with zero attached hydrogens (tertiary/aromatic N) is 1. The van der Waals surface area contributed by atoms with Gasteiger partial charge < -0.3 is 0 Å². The minimum Gasteiger partial charge on any atom is -0.293 e. The molecule has 1 amide bonds. The van der Waals surface area contributed by atoms with Crippen LogP contribution in [0.5, 0.6) is 0 Å². The third-order valence-electron chi connectivity index (χ3n) is 4.58. The van der Waals surface area contributed by atoms with Gasteiger partial charge in [-0.1, -0.05) is 48.5 Å². The molecule has 0 unspecified atom stereocenters. The number of benzene rings is 1. The number of carbonyl (C=O) groups excluding carboxylic acids is 3. The van der Waals surface area contributed by atoms with Crippen LogP contribution in [0.4, 0.5) is 0 Å². The first-order valence-electron chi connectivity index (χ1n) is 7.21. The highest BCUT2D eigenvalue weighted by Crippen LogP contribution is 2.52. The number of amides is 1. The van der Waals surface area contributed by atoms with Crippen molar-refractivity contribution in [2.45, 2.75) is 19.3 Å². The summed E-state index contributed by atoms with van der Waals surface area (Å²) in [5.41, 5.74) is -0.353. The Labute approximate surface area is 131 Å². The molecule has 0 bridgehead atoms. The molecule has 2 heterocycles. The van der Waals surface area contributed by atoms with Crippen molar-refractivity contribution in [1.82, 2.24) is 4.90 Å². The van der Waals surface area contributed by atoms with Gasteiger partial charge in [-0.3, -0.25) is 19.3 Å². The summed E-state index contributed by atoms with van der Waals surface area (Å²) < 4.78 is 0. The lowest BCUT2D eigenvalue weighted by molar-refractivity contribution is -0.151. The van der Waals surface area contributed by atoms with Crippen molar-refractivity contribution in [1.29, 1.82) is 0 Å². The maximum absolute atomic E-state index is 12.9. The number of allylic oxidation sites excluding steroid dienone is 1. The monoisotopic (exact) mass is 311 g/mol. The minimum absolute atomic E-state index is 0.167. The quantitative estimate of drug-likeness (QED) is 0.479. The summed E-state index contributed by atoms with van der Waals surface area (Å²) >= 11 is 1.26. The van der Waals surface area contributed by atoms with E-state index in [9.17, 15) is 14.4 Å². The lowest BCUT2D eigenvalue weighted by Gasteiger charge is -2.44. The van der Waals surface area contributed by atoms with Gasteiger partial charge in [-0.25, -0.2) is 0 Å². The molecular formula is C17H13NO3S. The molecule has 1 spiro atoms. The van der Waals surface area contributed by atoms with E-state index in [-0.39, 0.29) is 23.0 Å². The summed E-state index contributed by atoms with van der Waals surface area (Å²) in [6.07, 6.45) is 3.59. The van der Waals surface area contributed by atoms with Crippen LogP contribution in [0, 0.1) is 5.41 Å². The second-order valence-electron chi connectivity index (χ2n) is 5.72. The van der Waals surface area contributed by atoms with E-state index in [4.69, 9.17) is 0 Å². The molecule has 1 aromatic carbocycles. The highest BCUT2D eigenvalue weighted by Gasteiger charge is 2.58. The Morgan fingerprint density at radius 1 is 1.14 bits per heavy atom. The van der Waals surface area contributed by atoms with Crippen molar-refractivity contribution in [3.63, 3.8) is 0 Å². The number of hydrogen-bond donors (Lipinski definition) is 0. The number of carbonyl (C=O) groups is 3. The Kier molecular flexibility index (Phi) is 2.87. The predicted octanol–water partition coefficient (Wildman–Crippen LogP) is 2.88. The van der Waals surface area contributed by atoms with Gasteiger partial charge in [-0.2, -0.15) is 0 Å². The maximum Gasteiger partial charge on any atom is 0.245 e. The highest BCUT2D eigenvalue weighted by molar-refractivity contribution is 8.06. The van der Waals surface area contributed by atoms with Crippen LogP contribution >= 0.6 is 11.8 Å². The van der Waals surface area contributed by atoms with E-state index in [0.29, 0.717) is 23.4 Å². The molecule has 0 atom stereocenters. The third kappa shape index (κ3) is 1.63. The van der Waals surface area contributed by atoms with Gasteiger partial charge in [0.05, 0.1) is 5.57 Å². The summed E-state index contributed by atoms with van der Waals surface area (Å²) in [4.78, 5) is 39.9. The second-order valence-corrected chi connectivity index (χ2v) is 6.61. The summed E-state index contributed by atoms with van der Waals surface area (Å²) in [6, 6.07) is 8.77. The van der Waals surface area contributed by atoms with Gasteiger partial charge >= 0.3 is 0 Å². The van der Waals surface area contributed by atoms with Crippen LogP contribution in [-0.2, 0) is 9.59 Å². The van der Waals surface area contributed by atoms with Gasteiger partial charge in [0.1, 0.15) is 10.4 Å². The van der Waals surface area contributed by atoms with Crippen molar-refractivity contribution < 1.29 is 14.4 Å². The normalized spacial score (nSPS) is 22.1. The Morgan fingerprint density at radius 3 is 2.50 bits per heavy atom. The molecule has 3 aliphatic rings. The molecule has 0 saturated heterocycles. The predicted molar refractivity (Wildman–Crippen MR) is 82.7 cm³/mol. The molecule has 0 N–H and O–H groups in total. The van der Waals surface area contributed by atoms with Crippen LogP contribution in [-0.4, -0.2) is 22.4 Å². The zero-order chi connectivity index (χ0) is 15.3. The van der Waals surface area contributed by atoms with Crippen LogP contribution in [0.1, 0.15) is 29.6 Å². The van der Waals surface area contributed by atoms with Crippen LogP contribution in [0.2, 0.25) is 0 Å². The molecule has 0 aromatic heterocycles. The Bertz CT molecular complexity index is 759. The molecule has 1 aromatic rings. The topological polar surface area (TPSA) is 54.5 Å². The number of fused-ring (bicyclic) bond motifs is 1. The highest BCUT2D eigenvalue weighted by atomic mass is 32.2. The van der Waals surface area contributed by atoms with Crippen molar-refractivity contribution in [3.8, 4) is 0 Å². The number of hydrogen-bond acceptors (Lipinski definition) is 4. The smallest absolute Gasteiger partial charge is 0.245 e. The fourth-order valence-corrected chi connectivity index (χ4v) is 4.06. The van der Waals surface area contributed by atoms with Crippen LogP contribution in [0.3, 0.4) is 0 Å². The lowest BCUT2D eigenvalue weighted by atomic mass is 9.62. The number of Topliss-reactive ketones (excluding diaryl/α,β-unsaturated/α-hetero) is 2. The Balaban J connectivity index is 1.86. The minimum atomic E-state index is -1.00. The molecular weight excluding hydrogens is 298 g/mol. The third-order valence-corrected chi connectivity index (χ3v) is 5.46. The molecule has 0 radical (unpaired) electrons. The maximum atomic E-state index is 12.9. The number of rotatable bonds is 2. The molecule has 110 valence electrons. The van der Waals surface area contributed by atoms with Crippen molar-refractivity contribution in [2.24, 2.45) is 5.41 Å². The Hall–Kier alpha value is -2.14. The molecule has 5 heteroatoms. The van der Waals surface area contributed by atoms with Crippen LogP contribution in [0.25, 0.3) is 0 Å². The van der Waals surface area contributed by atoms with Crippen LogP contribution < -0.4 is 0 Å². The summed E-state index contributed by atoms with van der Waals surface area (Å²) in [6.45, 7) is 0. The summed E-state index contributed by atoms with van der Waals surface area (Å²) in [5.74, 6) is -0.759. The van der Waals surface area contributed by atoms with E-state index in [1.54, 1.807) is 35.9 Å². The molecule has 1 aliphatic carbocycles. The van der Waals surface area contributed by atoms with Gasteiger partial charge in [-0.05, 0) is 18.2 Å². The fourth-order valence-electron chi connectivity index (χ4n) is 3.19. The van der Waals surface area contributed by atoms with E-state index >= 15 is 0 Å². The summed E-state index contributed by atoms with van der Waals surface area (Å²) in [5, 5.41) is 2.21.